The van der Waals surface area contributed by atoms with Crippen molar-refractivity contribution in [3.63, 3.8) is 0 Å². The lowest BCUT2D eigenvalue weighted by Crippen LogP contribution is -2.34. The summed E-state index contributed by atoms with van der Waals surface area (Å²) in [5.74, 6) is 0.508. The average Bonchev–Trinajstić information content (AvgIpc) is 2.94. The van der Waals surface area contributed by atoms with Crippen LogP contribution in [0.1, 0.15) is 32.3 Å². The van der Waals surface area contributed by atoms with Gasteiger partial charge < -0.3 is 10.4 Å². The van der Waals surface area contributed by atoms with Crippen LogP contribution in [0.15, 0.2) is 30.3 Å². The van der Waals surface area contributed by atoms with E-state index in [-0.39, 0.29) is 12.3 Å². The van der Waals surface area contributed by atoms with Crippen molar-refractivity contribution in [2.24, 2.45) is 5.92 Å². The summed E-state index contributed by atoms with van der Waals surface area (Å²) in [5.41, 5.74) is -0.317. The summed E-state index contributed by atoms with van der Waals surface area (Å²) in [7, 11) is 0. The molecule has 3 atom stereocenters. The van der Waals surface area contributed by atoms with Gasteiger partial charge in [0.1, 0.15) is 0 Å². The molecule has 1 amide bonds. The van der Waals surface area contributed by atoms with E-state index in [1.807, 2.05) is 30.3 Å². The van der Waals surface area contributed by atoms with E-state index in [4.69, 9.17) is 0 Å². The lowest BCUT2D eigenvalue weighted by atomic mass is 9.92. The molecule has 1 saturated carbocycles. The van der Waals surface area contributed by atoms with Crippen LogP contribution in [0, 0.1) is 5.92 Å². The zero-order valence-corrected chi connectivity index (χ0v) is 10.3. The Kier molecular flexibility index (Phi) is 3.20. The van der Waals surface area contributed by atoms with E-state index < -0.39 is 5.60 Å². The zero-order chi connectivity index (χ0) is 12.5. The van der Waals surface area contributed by atoms with Gasteiger partial charge in [0, 0.05) is 6.04 Å². The van der Waals surface area contributed by atoms with E-state index in [2.05, 4.69) is 12.2 Å². The largest absolute Gasteiger partial charge is 0.385 e. The SMILES string of the molecule is CC1CC1NC(=O)CC(C)(O)c1ccccc1. The molecule has 0 saturated heterocycles. The van der Waals surface area contributed by atoms with Crippen molar-refractivity contribution in [1.29, 1.82) is 0 Å². The number of carbonyl (C=O) groups excluding carboxylic acids is 1. The van der Waals surface area contributed by atoms with E-state index in [1.165, 1.54) is 0 Å². The third-order valence-electron chi connectivity index (χ3n) is 3.36. The van der Waals surface area contributed by atoms with Gasteiger partial charge in [-0.15, -0.1) is 0 Å². The van der Waals surface area contributed by atoms with Crippen LogP contribution in [0.4, 0.5) is 0 Å². The molecule has 1 fully saturated rings. The van der Waals surface area contributed by atoms with E-state index in [0.29, 0.717) is 12.0 Å². The number of hydrogen-bond donors (Lipinski definition) is 2. The molecule has 3 unspecified atom stereocenters. The molecule has 0 radical (unpaired) electrons. The summed E-state index contributed by atoms with van der Waals surface area (Å²) in [6, 6.07) is 9.62. The number of benzene rings is 1. The molecular formula is C14H19NO2. The van der Waals surface area contributed by atoms with Crippen molar-refractivity contribution >= 4 is 5.91 Å². The van der Waals surface area contributed by atoms with Gasteiger partial charge in [-0.1, -0.05) is 37.3 Å². The summed E-state index contributed by atoms with van der Waals surface area (Å²) < 4.78 is 0. The van der Waals surface area contributed by atoms with Gasteiger partial charge >= 0.3 is 0 Å². The smallest absolute Gasteiger partial charge is 0.223 e. The topological polar surface area (TPSA) is 49.3 Å². The van der Waals surface area contributed by atoms with Gasteiger partial charge in [-0.05, 0) is 24.8 Å². The van der Waals surface area contributed by atoms with Crippen LogP contribution in [0.3, 0.4) is 0 Å². The Morgan fingerprint density at radius 2 is 2.06 bits per heavy atom. The van der Waals surface area contributed by atoms with Crippen LogP contribution >= 0.6 is 0 Å². The van der Waals surface area contributed by atoms with Gasteiger partial charge in [0.15, 0.2) is 0 Å². The highest BCUT2D eigenvalue weighted by Crippen LogP contribution is 2.30. The minimum Gasteiger partial charge on any atom is -0.385 e. The van der Waals surface area contributed by atoms with Crippen molar-refractivity contribution in [2.45, 2.75) is 38.3 Å². The predicted molar refractivity (Wildman–Crippen MR) is 66.3 cm³/mol. The zero-order valence-electron chi connectivity index (χ0n) is 10.3. The standard InChI is InChI=1S/C14H19NO2/c1-10-8-12(10)15-13(16)9-14(2,17)11-6-4-3-5-7-11/h3-7,10,12,17H,8-9H2,1-2H3,(H,15,16). The van der Waals surface area contributed by atoms with E-state index in [9.17, 15) is 9.90 Å². The highest BCUT2D eigenvalue weighted by molar-refractivity contribution is 5.78. The van der Waals surface area contributed by atoms with Crippen molar-refractivity contribution < 1.29 is 9.90 Å². The van der Waals surface area contributed by atoms with Gasteiger partial charge in [-0.25, -0.2) is 0 Å². The lowest BCUT2D eigenvalue weighted by molar-refractivity contribution is -0.126. The molecule has 1 aromatic carbocycles. The van der Waals surface area contributed by atoms with Crippen LogP contribution < -0.4 is 5.32 Å². The lowest BCUT2D eigenvalue weighted by Gasteiger charge is -2.23. The molecule has 2 N–H and O–H groups in total. The van der Waals surface area contributed by atoms with Gasteiger partial charge in [0.2, 0.25) is 5.91 Å². The third-order valence-corrected chi connectivity index (χ3v) is 3.36. The molecule has 0 aliphatic heterocycles. The number of carbonyl (C=O) groups is 1. The van der Waals surface area contributed by atoms with E-state index in [0.717, 1.165) is 12.0 Å². The summed E-state index contributed by atoms with van der Waals surface area (Å²) in [6.07, 6.45) is 1.17. The van der Waals surface area contributed by atoms with Crippen molar-refractivity contribution in [3.8, 4) is 0 Å². The monoisotopic (exact) mass is 233 g/mol. The molecule has 1 aliphatic rings. The Morgan fingerprint density at radius 3 is 2.59 bits per heavy atom. The molecular weight excluding hydrogens is 214 g/mol. The van der Waals surface area contributed by atoms with Crippen LogP contribution in [0.25, 0.3) is 0 Å². The van der Waals surface area contributed by atoms with Crippen LogP contribution in [0.5, 0.6) is 0 Å². The maximum atomic E-state index is 11.8. The minimum absolute atomic E-state index is 0.0757. The summed E-state index contributed by atoms with van der Waals surface area (Å²) in [5, 5.41) is 13.2. The van der Waals surface area contributed by atoms with Gasteiger partial charge in [0.25, 0.3) is 0 Å². The fourth-order valence-electron chi connectivity index (χ4n) is 1.99. The van der Waals surface area contributed by atoms with Crippen molar-refractivity contribution in [3.05, 3.63) is 35.9 Å². The van der Waals surface area contributed by atoms with Crippen LogP contribution in [-0.4, -0.2) is 17.1 Å². The first-order valence-electron chi connectivity index (χ1n) is 6.06. The van der Waals surface area contributed by atoms with E-state index in [1.54, 1.807) is 6.92 Å². The van der Waals surface area contributed by atoms with Crippen LogP contribution in [0.2, 0.25) is 0 Å². The van der Waals surface area contributed by atoms with Gasteiger partial charge in [0.05, 0.1) is 12.0 Å². The molecule has 17 heavy (non-hydrogen) atoms. The molecule has 92 valence electrons. The molecule has 0 bridgehead atoms. The Bertz CT molecular complexity index is 400. The molecule has 0 spiro atoms. The first-order chi connectivity index (χ1) is 7.99. The van der Waals surface area contributed by atoms with Crippen molar-refractivity contribution in [1.82, 2.24) is 5.32 Å². The summed E-state index contributed by atoms with van der Waals surface area (Å²) >= 11 is 0. The minimum atomic E-state index is -1.09. The maximum Gasteiger partial charge on any atom is 0.223 e. The third kappa shape index (κ3) is 3.07. The molecule has 0 heterocycles. The quantitative estimate of drug-likeness (QED) is 0.833. The molecule has 3 heteroatoms. The highest BCUT2D eigenvalue weighted by atomic mass is 16.3. The Labute approximate surface area is 102 Å². The fourth-order valence-corrected chi connectivity index (χ4v) is 1.99. The van der Waals surface area contributed by atoms with Gasteiger partial charge in [-0.2, -0.15) is 0 Å². The van der Waals surface area contributed by atoms with Crippen LogP contribution in [-0.2, 0) is 10.4 Å². The molecule has 3 nitrogen and oxygen atoms in total. The number of nitrogens with one attached hydrogen (secondary N) is 1. The molecule has 0 aromatic heterocycles. The molecule has 1 aromatic rings. The normalized spacial score (nSPS) is 26.1. The maximum absolute atomic E-state index is 11.8. The number of rotatable bonds is 4. The van der Waals surface area contributed by atoms with Gasteiger partial charge in [-0.3, -0.25) is 4.79 Å². The average molecular weight is 233 g/mol. The second-order valence-electron chi connectivity index (χ2n) is 5.20. The number of hydrogen-bond acceptors (Lipinski definition) is 2. The molecule has 2 rings (SSSR count). The summed E-state index contributed by atoms with van der Waals surface area (Å²) in [4.78, 5) is 11.8. The first-order valence-corrected chi connectivity index (χ1v) is 6.06. The van der Waals surface area contributed by atoms with E-state index >= 15 is 0 Å². The molecule has 1 aliphatic carbocycles. The second kappa shape index (κ2) is 4.49. The fraction of sp³-hybridized carbons (Fsp3) is 0.500. The highest BCUT2D eigenvalue weighted by Gasteiger charge is 2.35. The predicted octanol–water partition coefficient (Wildman–Crippen LogP) is 1.81. The number of amides is 1. The Morgan fingerprint density at radius 1 is 1.47 bits per heavy atom. The Hall–Kier alpha value is -1.35. The Balaban J connectivity index is 1.95. The number of aliphatic hydroxyl groups is 1. The summed E-state index contributed by atoms with van der Waals surface area (Å²) in [6.45, 7) is 3.79. The second-order valence-corrected chi connectivity index (χ2v) is 5.20. The van der Waals surface area contributed by atoms with Crippen molar-refractivity contribution in [2.75, 3.05) is 0 Å². The first kappa shape index (κ1) is 12.1.